The highest BCUT2D eigenvalue weighted by molar-refractivity contribution is 5.79. The fraction of sp³-hybridized carbons (Fsp3) is 0.381. The van der Waals surface area contributed by atoms with Crippen molar-refractivity contribution < 1.29 is 4.79 Å². The van der Waals surface area contributed by atoms with Crippen molar-refractivity contribution in [2.24, 2.45) is 11.8 Å². The zero-order valence-electron chi connectivity index (χ0n) is 14.3. The molecule has 126 valence electrons. The maximum Gasteiger partial charge on any atom is 0.226 e. The highest BCUT2D eigenvalue weighted by atomic mass is 16.2. The number of hydrogen-bond donors (Lipinski definition) is 1. The van der Waals surface area contributed by atoms with Gasteiger partial charge in [-0.3, -0.25) is 4.79 Å². The molecule has 1 heterocycles. The Hall–Kier alpha value is -2.13. The van der Waals surface area contributed by atoms with Crippen molar-refractivity contribution >= 4 is 5.91 Å². The number of hydrogen-bond acceptors (Lipinski definition) is 2. The van der Waals surface area contributed by atoms with Crippen LogP contribution in [0.1, 0.15) is 18.1 Å². The second-order valence-corrected chi connectivity index (χ2v) is 6.69. The molecule has 1 aliphatic heterocycles. The minimum absolute atomic E-state index is 0.0886. The van der Waals surface area contributed by atoms with Crippen LogP contribution >= 0.6 is 0 Å². The standard InChI is InChI=1S/C21H26N2O/c1-17(20-14-22-15-20)21(24)23(16-19-10-6-3-7-11-19)13-12-18-8-4-2-5-9-18/h2-11,17,20,22H,12-16H2,1H3. The van der Waals surface area contributed by atoms with Gasteiger partial charge in [-0.15, -0.1) is 0 Å². The third-order valence-electron chi connectivity index (χ3n) is 4.95. The summed E-state index contributed by atoms with van der Waals surface area (Å²) in [5.41, 5.74) is 2.47. The summed E-state index contributed by atoms with van der Waals surface area (Å²) in [5, 5.41) is 3.27. The summed E-state index contributed by atoms with van der Waals surface area (Å²) in [4.78, 5) is 15.0. The van der Waals surface area contributed by atoms with Crippen LogP contribution in [0.15, 0.2) is 60.7 Å². The minimum atomic E-state index is 0.0886. The molecule has 0 aliphatic carbocycles. The van der Waals surface area contributed by atoms with Gasteiger partial charge in [0.2, 0.25) is 5.91 Å². The number of carbonyl (C=O) groups excluding carboxylic acids is 1. The van der Waals surface area contributed by atoms with E-state index in [1.54, 1.807) is 0 Å². The first kappa shape index (κ1) is 16.7. The molecule has 0 radical (unpaired) electrons. The van der Waals surface area contributed by atoms with Gasteiger partial charge in [0.1, 0.15) is 0 Å². The number of amides is 1. The Kier molecular flexibility index (Phi) is 5.65. The van der Waals surface area contributed by atoms with Crippen LogP contribution in [0.2, 0.25) is 0 Å². The number of rotatable bonds is 7. The van der Waals surface area contributed by atoms with Gasteiger partial charge in [0.15, 0.2) is 0 Å². The molecule has 1 fully saturated rings. The van der Waals surface area contributed by atoms with E-state index < -0.39 is 0 Å². The molecule has 3 heteroatoms. The largest absolute Gasteiger partial charge is 0.338 e. The minimum Gasteiger partial charge on any atom is -0.338 e. The number of nitrogens with one attached hydrogen (secondary N) is 1. The second-order valence-electron chi connectivity index (χ2n) is 6.69. The smallest absolute Gasteiger partial charge is 0.226 e. The van der Waals surface area contributed by atoms with Crippen LogP contribution in [0.4, 0.5) is 0 Å². The van der Waals surface area contributed by atoms with E-state index in [9.17, 15) is 4.79 Å². The molecule has 0 aromatic heterocycles. The quantitative estimate of drug-likeness (QED) is 0.849. The molecule has 0 saturated carbocycles. The summed E-state index contributed by atoms with van der Waals surface area (Å²) in [6.45, 7) is 5.46. The molecule has 24 heavy (non-hydrogen) atoms. The molecule has 0 bridgehead atoms. The van der Waals surface area contributed by atoms with Crippen LogP contribution in [-0.4, -0.2) is 30.4 Å². The van der Waals surface area contributed by atoms with Crippen molar-refractivity contribution in [3.63, 3.8) is 0 Å². The first-order valence-corrected chi connectivity index (χ1v) is 8.81. The van der Waals surface area contributed by atoms with Gasteiger partial charge in [0, 0.05) is 19.0 Å². The molecule has 2 aromatic carbocycles. The zero-order valence-corrected chi connectivity index (χ0v) is 14.3. The Morgan fingerprint density at radius 3 is 2.17 bits per heavy atom. The average Bonchev–Trinajstić information content (AvgIpc) is 2.58. The summed E-state index contributed by atoms with van der Waals surface area (Å²) < 4.78 is 0. The van der Waals surface area contributed by atoms with E-state index in [0.717, 1.165) is 26.1 Å². The lowest BCUT2D eigenvalue weighted by molar-refractivity contribution is -0.138. The van der Waals surface area contributed by atoms with E-state index >= 15 is 0 Å². The van der Waals surface area contributed by atoms with Crippen LogP contribution < -0.4 is 5.32 Å². The molecule has 3 rings (SSSR count). The van der Waals surface area contributed by atoms with Crippen molar-refractivity contribution in [3.05, 3.63) is 71.8 Å². The van der Waals surface area contributed by atoms with Gasteiger partial charge in [-0.05, 0) is 36.6 Å². The van der Waals surface area contributed by atoms with Crippen molar-refractivity contribution in [2.75, 3.05) is 19.6 Å². The number of nitrogens with zero attached hydrogens (tertiary/aromatic N) is 1. The average molecular weight is 322 g/mol. The Labute approximate surface area is 144 Å². The maximum absolute atomic E-state index is 13.0. The van der Waals surface area contributed by atoms with Gasteiger partial charge in [-0.2, -0.15) is 0 Å². The van der Waals surface area contributed by atoms with Crippen LogP contribution in [-0.2, 0) is 17.8 Å². The van der Waals surface area contributed by atoms with Gasteiger partial charge in [0.05, 0.1) is 0 Å². The molecular formula is C21H26N2O. The Morgan fingerprint density at radius 1 is 1.04 bits per heavy atom. The van der Waals surface area contributed by atoms with Gasteiger partial charge in [-0.1, -0.05) is 67.6 Å². The second kappa shape index (κ2) is 8.11. The van der Waals surface area contributed by atoms with Crippen molar-refractivity contribution in [1.29, 1.82) is 0 Å². The molecule has 0 spiro atoms. The number of carbonyl (C=O) groups is 1. The monoisotopic (exact) mass is 322 g/mol. The van der Waals surface area contributed by atoms with E-state index in [0.29, 0.717) is 12.5 Å². The third-order valence-corrected chi connectivity index (χ3v) is 4.95. The lowest BCUT2D eigenvalue weighted by Crippen LogP contribution is -2.50. The van der Waals surface area contributed by atoms with Crippen molar-refractivity contribution in [1.82, 2.24) is 10.2 Å². The summed E-state index contributed by atoms with van der Waals surface area (Å²) in [5.74, 6) is 0.847. The SMILES string of the molecule is CC(C(=O)N(CCc1ccccc1)Cc1ccccc1)C1CNC1. The van der Waals surface area contributed by atoms with Crippen LogP contribution in [0.25, 0.3) is 0 Å². The van der Waals surface area contributed by atoms with Gasteiger partial charge in [-0.25, -0.2) is 0 Å². The van der Waals surface area contributed by atoms with E-state index in [1.807, 2.05) is 29.2 Å². The Balaban J connectivity index is 1.68. The summed E-state index contributed by atoms with van der Waals surface area (Å²) in [6.07, 6.45) is 0.898. The highest BCUT2D eigenvalue weighted by Gasteiger charge is 2.31. The van der Waals surface area contributed by atoms with Crippen LogP contribution in [0.5, 0.6) is 0 Å². The fourth-order valence-electron chi connectivity index (χ4n) is 3.13. The van der Waals surface area contributed by atoms with Crippen LogP contribution in [0, 0.1) is 11.8 Å². The molecule has 1 N–H and O–H groups in total. The van der Waals surface area contributed by atoms with Gasteiger partial charge >= 0.3 is 0 Å². The summed E-state index contributed by atoms with van der Waals surface area (Å²) in [7, 11) is 0. The summed E-state index contributed by atoms with van der Waals surface area (Å²) >= 11 is 0. The summed E-state index contributed by atoms with van der Waals surface area (Å²) in [6, 6.07) is 20.7. The normalized spacial score (nSPS) is 15.5. The maximum atomic E-state index is 13.0. The highest BCUT2D eigenvalue weighted by Crippen LogP contribution is 2.20. The zero-order chi connectivity index (χ0) is 16.8. The third kappa shape index (κ3) is 4.24. The lowest BCUT2D eigenvalue weighted by atomic mass is 9.87. The van der Waals surface area contributed by atoms with Gasteiger partial charge in [0.25, 0.3) is 0 Å². The fourth-order valence-corrected chi connectivity index (χ4v) is 3.13. The molecule has 2 aromatic rings. The molecule has 3 nitrogen and oxygen atoms in total. The molecule has 1 saturated heterocycles. The first-order valence-electron chi connectivity index (χ1n) is 8.81. The topological polar surface area (TPSA) is 32.3 Å². The first-order chi connectivity index (χ1) is 11.7. The van der Waals surface area contributed by atoms with E-state index in [2.05, 4.69) is 48.6 Å². The predicted octanol–water partition coefficient (Wildman–Crippen LogP) is 3.11. The Bertz CT molecular complexity index is 637. The molecule has 1 amide bonds. The van der Waals surface area contributed by atoms with E-state index in [1.165, 1.54) is 11.1 Å². The number of benzene rings is 2. The molecule has 1 aliphatic rings. The Morgan fingerprint density at radius 2 is 1.62 bits per heavy atom. The van der Waals surface area contributed by atoms with Crippen molar-refractivity contribution in [3.8, 4) is 0 Å². The van der Waals surface area contributed by atoms with Crippen molar-refractivity contribution in [2.45, 2.75) is 19.9 Å². The molecule has 1 atom stereocenters. The van der Waals surface area contributed by atoms with Gasteiger partial charge < -0.3 is 10.2 Å². The predicted molar refractivity (Wildman–Crippen MR) is 97.5 cm³/mol. The molecular weight excluding hydrogens is 296 g/mol. The van der Waals surface area contributed by atoms with E-state index in [-0.39, 0.29) is 11.8 Å². The lowest BCUT2D eigenvalue weighted by Gasteiger charge is -2.35. The van der Waals surface area contributed by atoms with Crippen LogP contribution in [0.3, 0.4) is 0 Å². The van der Waals surface area contributed by atoms with E-state index in [4.69, 9.17) is 0 Å². The molecule has 1 unspecified atom stereocenters.